The van der Waals surface area contributed by atoms with Crippen LogP contribution in [0.4, 0.5) is 0 Å². The summed E-state index contributed by atoms with van der Waals surface area (Å²) in [7, 11) is 0. The zero-order chi connectivity index (χ0) is 10.0. The lowest BCUT2D eigenvalue weighted by atomic mass is 9.90. The second kappa shape index (κ2) is 3.71. The Hall–Kier alpha value is -0.860. The molecular formula is C12H16O2. The molecule has 0 aliphatic heterocycles. The monoisotopic (exact) mass is 192 g/mol. The van der Waals surface area contributed by atoms with Crippen LogP contribution in [0.15, 0.2) is 24.3 Å². The van der Waals surface area contributed by atoms with E-state index in [1.807, 2.05) is 19.1 Å². The van der Waals surface area contributed by atoms with Crippen LogP contribution in [0.1, 0.15) is 37.3 Å². The van der Waals surface area contributed by atoms with Crippen molar-refractivity contribution in [2.24, 2.45) is 0 Å². The smallest absolute Gasteiger partial charge is 0.126 e. The van der Waals surface area contributed by atoms with Crippen molar-refractivity contribution in [2.45, 2.75) is 38.2 Å². The number of benzene rings is 1. The zero-order valence-corrected chi connectivity index (χ0v) is 8.49. The van der Waals surface area contributed by atoms with Crippen LogP contribution in [-0.4, -0.2) is 5.26 Å². The highest BCUT2D eigenvalue weighted by atomic mass is 17.1. The molecule has 2 nitrogen and oxygen atoms in total. The van der Waals surface area contributed by atoms with E-state index in [-0.39, 0.29) is 0 Å². The molecule has 76 valence electrons. The molecule has 0 heterocycles. The molecule has 0 spiro atoms. The highest BCUT2D eigenvalue weighted by molar-refractivity contribution is 5.33. The summed E-state index contributed by atoms with van der Waals surface area (Å²) in [6.07, 6.45) is 4.26. The third-order valence-corrected chi connectivity index (χ3v) is 3.14. The van der Waals surface area contributed by atoms with Gasteiger partial charge >= 0.3 is 0 Å². The first-order valence-electron chi connectivity index (χ1n) is 5.17. The van der Waals surface area contributed by atoms with Gasteiger partial charge in [0.15, 0.2) is 0 Å². The molecular weight excluding hydrogens is 176 g/mol. The van der Waals surface area contributed by atoms with Gasteiger partial charge < -0.3 is 0 Å². The average molecular weight is 192 g/mol. The first-order chi connectivity index (χ1) is 6.76. The second-order valence-corrected chi connectivity index (χ2v) is 4.19. The molecule has 14 heavy (non-hydrogen) atoms. The fourth-order valence-corrected chi connectivity index (χ4v) is 2.26. The van der Waals surface area contributed by atoms with Crippen molar-refractivity contribution in [3.05, 3.63) is 35.4 Å². The number of hydrogen-bond acceptors (Lipinski definition) is 2. The minimum atomic E-state index is -0.507. The van der Waals surface area contributed by atoms with Crippen molar-refractivity contribution in [2.75, 3.05) is 0 Å². The summed E-state index contributed by atoms with van der Waals surface area (Å²) in [5.74, 6) is 0. The third-order valence-electron chi connectivity index (χ3n) is 3.14. The van der Waals surface area contributed by atoms with Gasteiger partial charge in [-0.05, 0) is 43.7 Å². The summed E-state index contributed by atoms with van der Waals surface area (Å²) in [6.45, 7) is 1.96. The number of rotatable bonds is 1. The van der Waals surface area contributed by atoms with E-state index >= 15 is 0 Å². The Morgan fingerprint density at radius 1 is 1.29 bits per heavy atom. The minimum Gasteiger partial charge on any atom is -0.251 e. The quantitative estimate of drug-likeness (QED) is 0.421. The maximum atomic E-state index is 9.02. The third kappa shape index (κ3) is 1.56. The molecule has 1 aliphatic carbocycles. The number of hydrogen-bond donors (Lipinski definition) is 1. The largest absolute Gasteiger partial charge is 0.251 e. The molecule has 1 aromatic rings. The van der Waals surface area contributed by atoms with E-state index in [0.717, 1.165) is 24.8 Å². The van der Waals surface area contributed by atoms with Gasteiger partial charge in [0.05, 0.1) is 0 Å². The molecule has 1 N–H and O–H groups in total. The van der Waals surface area contributed by atoms with Crippen LogP contribution in [0.2, 0.25) is 0 Å². The summed E-state index contributed by atoms with van der Waals surface area (Å²) in [4.78, 5) is 4.69. The molecule has 1 atom stereocenters. The van der Waals surface area contributed by atoms with Gasteiger partial charge in [0.1, 0.15) is 5.60 Å². The van der Waals surface area contributed by atoms with Gasteiger partial charge in [0, 0.05) is 0 Å². The Kier molecular flexibility index (Phi) is 2.57. The van der Waals surface area contributed by atoms with Gasteiger partial charge in [-0.25, -0.2) is 4.89 Å². The van der Waals surface area contributed by atoms with Crippen LogP contribution < -0.4 is 0 Å². The Morgan fingerprint density at radius 2 is 2.07 bits per heavy atom. The first-order valence-corrected chi connectivity index (χ1v) is 5.17. The van der Waals surface area contributed by atoms with Crippen molar-refractivity contribution >= 4 is 0 Å². The molecule has 0 aromatic heterocycles. The SMILES string of the molecule is CC1(OO)CCCCc2ccccc21. The standard InChI is InChI=1S/C12H16O2/c1-12(14-13)9-5-4-7-10-6-2-3-8-11(10)12/h2-3,6,8,13H,4-5,7,9H2,1H3. The molecule has 0 amide bonds. The lowest BCUT2D eigenvalue weighted by molar-refractivity contribution is -0.325. The van der Waals surface area contributed by atoms with Gasteiger partial charge in [0.2, 0.25) is 0 Å². The Labute approximate surface area is 84.5 Å². The summed E-state index contributed by atoms with van der Waals surface area (Å²) in [5.41, 5.74) is 1.94. The maximum absolute atomic E-state index is 9.02. The molecule has 0 saturated heterocycles. The van der Waals surface area contributed by atoms with E-state index in [2.05, 4.69) is 17.0 Å². The molecule has 1 aromatic carbocycles. The normalized spacial score (nSPS) is 26.7. The van der Waals surface area contributed by atoms with Crippen LogP contribution in [0, 0.1) is 0 Å². The second-order valence-electron chi connectivity index (χ2n) is 4.19. The molecule has 0 saturated carbocycles. The van der Waals surface area contributed by atoms with Crippen molar-refractivity contribution in [3.63, 3.8) is 0 Å². The van der Waals surface area contributed by atoms with E-state index in [4.69, 9.17) is 5.26 Å². The maximum Gasteiger partial charge on any atom is 0.126 e. The van der Waals surface area contributed by atoms with Gasteiger partial charge in [-0.2, -0.15) is 0 Å². The fraction of sp³-hybridized carbons (Fsp3) is 0.500. The minimum absolute atomic E-state index is 0.507. The van der Waals surface area contributed by atoms with Crippen molar-refractivity contribution < 1.29 is 10.1 Å². The topological polar surface area (TPSA) is 29.5 Å². The van der Waals surface area contributed by atoms with Gasteiger partial charge in [-0.15, -0.1) is 0 Å². The lowest BCUT2D eigenvalue weighted by Crippen LogP contribution is -2.24. The summed E-state index contributed by atoms with van der Waals surface area (Å²) in [6, 6.07) is 8.22. The highest BCUT2D eigenvalue weighted by Crippen LogP contribution is 2.36. The Balaban J connectivity index is 2.47. The van der Waals surface area contributed by atoms with Crippen LogP contribution in [0.5, 0.6) is 0 Å². The molecule has 1 unspecified atom stereocenters. The summed E-state index contributed by atoms with van der Waals surface area (Å²) >= 11 is 0. The Morgan fingerprint density at radius 3 is 2.86 bits per heavy atom. The molecule has 2 rings (SSSR count). The molecule has 1 aliphatic rings. The van der Waals surface area contributed by atoms with Crippen molar-refractivity contribution in [1.29, 1.82) is 0 Å². The van der Waals surface area contributed by atoms with Crippen molar-refractivity contribution in [1.82, 2.24) is 0 Å². The first kappa shape index (κ1) is 9.69. The summed E-state index contributed by atoms with van der Waals surface area (Å²) < 4.78 is 0. The van der Waals surface area contributed by atoms with Gasteiger partial charge in [0.25, 0.3) is 0 Å². The van der Waals surface area contributed by atoms with Crippen LogP contribution >= 0.6 is 0 Å². The number of aryl methyl sites for hydroxylation is 1. The average Bonchev–Trinajstić information content (AvgIpc) is 2.40. The lowest BCUT2D eigenvalue weighted by Gasteiger charge is -2.26. The predicted octanol–water partition coefficient (Wildman–Crippen LogP) is 3.12. The van der Waals surface area contributed by atoms with E-state index in [0.29, 0.717) is 0 Å². The molecule has 0 fully saturated rings. The Bertz CT molecular complexity index is 322. The van der Waals surface area contributed by atoms with E-state index in [1.165, 1.54) is 12.0 Å². The predicted molar refractivity (Wildman–Crippen MR) is 55.1 cm³/mol. The van der Waals surface area contributed by atoms with Gasteiger partial charge in [-0.3, -0.25) is 5.26 Å². The van der Waals surface area contributed by atoms with Crippen molar-refractivity contribution in [3.8, 4) is 0 Å². The van der Waals surface area contributed by atoms with E-state index in [1.54, 1.807) is 0 Å². The van der Waals surface area contributed by atoms with Crippen LogP contribution in [0.3, 0.4) is 0 Å². The highest BCUT2D eigenvalue weighted by Gasteiger charge is 2.31. The van der Waals surface area contributed by atoms with Crippen LogP contribution in [0.25, 0.3) is 0 Å². The van der Waals surface area contributed by atoms with E-state index in [9.17, 15) is 0 Å². The summed E-state index contributed by atoms with van der Waals surface area (Å²) in [5, 5.41) is 9.02. The van der Waals surface area contributed by atoms with Gasteiger partial charge in [-0.1, -0.05) is 24.3 Å². The van der Waals surface area contributed by atoms with E-state index < -0.39 is 5.60 Å². The fourth-order valence-electron chi connectivity index (χ4n) is 2.26. The molecule has 2 heteroatoms. The molecule has 0 radical (unpaired) electrons. The number of fused-ring (bicyclic) bond motifs is 1. The zero-order valence-electron chi connectivity index (χ0n) is 8.49. The van der Waals surface area contributed by atoms with Crippen LogP contribution in [-0.2, 0) is 16.9 Å². The molecule has 0 bridgehead atoms.